The van der Waals surface area contributed by atoms with Crippen LogP contribution in [-0.4, -0.2) is 49.8 Å². The highest BCUT2D eigenvalue weighted by molar-refractivity contribution is 5.77. The summed E-state index contributed by atoms with van der Waals surface area (Å²) >= 11 is 0. The normalized spacial score (nSPS) is 21.6. The van der Waals surface area contributed by atoms with E-state index in [-0.39, 0.29) is 12.0 Å². The molecule has 4 nitrogen and oxygen atoms in total. The average molecular weight is 201 g/mol. The lowest BCUT2D eigenvalue weighted by molar-refractivity contribution is -0.142. The zero-order chi connectivity index (χ0) is 10.4. The van der Waals surface area contributed by atoms with Crippen molar-refractivity contribution in [3.63, 3.8) is 0 Å². The molecule has 0 unspecified atom stereocenters. The molecular weight excluding hydrogens is 182 g/mol. The lowest BCUT2D eigenvalue weighted by Crippen LogP contribution is -2.40. The Morgan fingerprint density at radius 1 is 1.57 bits per heavy atom. The van der Waals surface area contributed by atoms with Crippen LogP contribution in [0.15, 0.2) is 0 Å². The van der Waals surface area contributed by atoms with Crippen LogP contribution in [0.25, 0.3) is 0 Å². The molecule has 0 spiro atoms. The van der Waals surface area contributed by atoms with Gasteiger partial charge < -0.3 is 9.47 Å². The summed E-state index contributed by atoms with van der Waals surface area (Å²) in [5.74, 6) is -0.0802. The Bertz CT molecular complexity index is 184. The van der Waals surface area contributed by atoms with E-state index in [1.165, 1.54) is 0 Å². The fourth-order valence-corrected chi connectivity index (χ4v) is 1.68. The van der Waals surface area contributed by atoms with Crippen LogP contribution in [0.4, 0.5) is 0 Å². The molecule has 1 atom stereocenters. The Hall–Kier alpha value is -0.610. The monoisotopic (exact) mass is 201 g/mol. The summed E-state index contributed by atoms with van der Waals surface area (Å²) in [6.07, 6.45) is 0.818. The Labute approximate surface area is 85.2 Å². The highest BCUT2D eigenvalue weighted by Crippen LogP contribution is 2.13. The number of carbonyl (C=O) groups is 1. The Kier molecular flexibility index (Phi) is 4.90. The number of nitrogens with zero attached hydrogens (tertiary/aromatic N) is 1. The van der Waals surface area contributed by atoms with Crippen LogP contribution in [-0.2, 0) is 14.3 Å². The second-order valence-electron chi connectivity index (χ2n) is 3.30. The molecular formula is C10H19NO3. The fraction of sp³-hybridized carbons (Fsp3) is 0.900. The van der Waals surface area contributed by atoms with E-state index in [4.69, 9.17) is 9.47 Å². The van der Waals surface area contributed by atoms with Crippen molar-refractivity contribution in [2.45, 2.75) is 26.3 Å². The topological polar surface area (TPSA) is 38.8 Å². The van der Waals surface area contributed by atoms with Gasteiger partial charge in [-0.15, -0.1) is 0 Å². The smallest absolute Gasteiger partial charge is 0.323 e. The van der Waals surface area contributed by atoms with Crippen LogP contribution in [0.5, 0.6) is 0 Å². The predicted molar refractivity (Wildman–Crippen MR) is 53.1 cm³/mol. The van der Waals surface area contributed by atoms with Crippen molar-refractivity contribution in [2.75, 3.05) is 32.9 Å². The van der Waals surface area contributed by atoms with Crippen molar-refractivity contribution in [2.24, 2.45) is 0 Å². The molecule has 1 aliphatic heterocycles. The minimum absolute atomic E-state index is 0.0412. The minimum Gasteiger partial charge on any atom is -0.464 e. The van der Waals surface area contributed by atoms with Crippen LogP contribution in [0, 0.1) is 0 Å². The molecule has 0 N–H and O–H groups in total. The van der Waals surface area contributed by atoms with Crippen molar-refractivity contribution in [1.29, 1.82) is 0 Å². The number of esters is 1. The second-order valence-corrected chi connectivity index (χ2v) is 3.30. The number of hydrogen-bond donors (Lipinski definition) is 0. The van der Waals surface area contributed by atoms with Crippen LogP contribution in [0.3, 0.4) is 0 Å². The van der Waals surface area contributed by atoms with Crippen molar-refractivity contribution in [3.8, 4) is 0 Å². The number of likely N-dealkylation sites (N-methyl/N-ethyl adjacent to an activating group) is 1. The van der Waals surface area contributed by atoms with Crippen molar-refractivity contribution in [1.82, 2.24) is 4.90 Å². The summed E-state index contributed by atoms with van der Waals surface area (Å²) in [6, 6.07) is -0.0412. The molecule has 14 heavy (non-hydrogen) atoms. The van der Waals surface area contributed by atoms with Crippen molar-refractivity contribution < 1.29 is 14.3 Å². The highest BCUT2D eigenvalue weighted by atomic mass is 16.5. The lowest BCUT2D eigenvalue weighted by atomic mass is 10.2. The first-order valence-corrected chi connectivity index (χ1v) is 5.28. The van der Waals surface area contributed by atoms with E-state index in [2.05, 4.69) is 11.8 Å². The van der Waals surface area contributed by atoms with E-state index in [1.807, 2.05) is 6.92 Å². The second kappa shape index (κ2) is 5.98. The third-order valence-corrected chi connectivity index (χ3v) is 2.48. The fourth-order valence-electron chi connectivity index (χ4n) is 1.68. The van der Waals surface area contributed by atoms with Gasteiger partial charge in [0.1, 0.15) is 6.04 Å². The molecule has 0 bridgehead atoms. The number of carbonyl (C=O) groups excluding carboxylic acids is 1. The molecule has 1 rings (SSSR count). The van der Waals surface area contributed by atoms with Gasteiger partial charge in [0.05, 0.1) is 13.2 Å². The third-order valence-electron chi connectivity index (χ3n) is 2.48. The molecule has 0 saturated carbocycles. The number of rotatable bonds is 6. The van der Waals surface area contributed by atoms with Crippen molar-refractivity contribution >= 4 is 5.97 Å². The number of cyclic esters (lactones) is 1. The molecule has 1 aliphatic rings. The molecule has 1 fully saturated rings. The Morgan fingerprint density at radius 3 is 2.86 bits per heavy atom. The number of hydrogen-bond acceptors (Lipinski definition) is 4. The molecule has 0 amide bonds. The molecule has 1 heterocycles. The van der Waals surface area contributed by atoms with Gasteiger partial charge in [-0.2, -0.15) is 0 Å². The van der Waals surface area contributed by atoms with Gasteiger partial charge in [0.2, 0.25) is 0 Å². The molecule has 0 aliphatic carbocycles. The Balaban J connectivity index is 2.32. The molecule has 0 radical (unpaired) electrons. The van der Waals surface area contributed by atoms with Gasteiger partial charge in [-0.3, -0.25) is 9.69 Å². The molecule has 4 heteroatoms. The van der Waals surface area contributed by atoms with Gasteiger partial charge in [-0.1, -0.05) is 6.92 Å². The van der Waals surface area contributed by atoms with E-state index < -0.39 is 0 Å². The molecule has 0 aromatic carbocycles. The molecule has 0 aromatic rings. The summed E-state index contributed by atoms with van der Waals surface area (Å²) in [5, 5.41) is 0. The summed E-state index contributed by atoms with van der Waals surface area (Å²) < 4.78 is 10.2. The van der Waals surface area contributed by atoms with Gasteiger partial charge in [0, 0.05) is 19.6 Å². The zero-order valence-corrected chi connectivity index (χ0v) is 8.99. The highest BCUT2D eigenvalue weighted by Gasteiger charge is 2.30. The van der Waals surface area contributed by atoms with Crippen LogP contribution in [0.1, 0.15) is 20.3 Å². The Morgan fingerprint density at radius 2 is 2.36 bits per heavy atom. The molecule has 1 saturated heterocycles. The maximum Gasteiger partial charge on any atom is 0.323 e. The van der Waals surface area contributed by atoms with E-state index in [0.717, 1.165) is 26.1 Å². The van der Waals surface area contributed by atoms with E-state index in [0.29, 0.717) is 13.2 Å². The van der Waals surface area contributed by atoms with Crippen molar-refractivity contribution in [3.05, 3.63) is 0 Å². The minimum atomic E-state index is -0.0802. The lowest BCUT2D eigenvalue weighted by Gasteiger charge is -2.23. The van der Waals surface area contributed by atoms with Gasteiger partial charge in [-0.05, 0) is 13.5 Å². The largest absolute Gasteiger partial charge is 0.464 e. The quantitative estimate of drug-likeness (QED) is 0.467. The van der Waals surface area contributed by atoms with Crippen LogP contribution < -0.4 is 0 Å². The number of ether oxygens (including phenoxy) is 2. The standard InChI is InChI=1S/C10H19NO3/c1-3-11(6-8-13-4-2)9-5-7-14-10(9)12/h9H,3-8H2,1-2H3/t9-/m0/s1. The summed E-state index contributed by atoms with van der Waals surface area (Å²) in [6.45, 7) is 7.68. The third kappa shape index (κ3) is 2.96. The van der Waals surface area contributed by atoms with Crippen LogP contribution >= 0.6 is 0 Å². The molecule has 82 valence electrons. The van der Waals surface area contributed by atoms with Gasteiger partial charge in [-0.25, -0.2) is 0 Å². The summed E-state index contributed by atoms with van der Waals surface area (Å²) in [5.41, 5.74) is 0. The first kappa shape index (κ1) is 11.5. The van der Waals surface area contributed by atoms with Gasteiger partial charge in [0.15, 0.2) is 0 Å². The van der Waals surface area contributed by atoms with E-state index >= 15 is 0 Å². The first-order chi connectivity index (χ1) is 6.79. The summed E-state index contributed by atoms with van der Waals surface area (Å²) in [4.78, 5) is 13.4. The summed E-state index contributed by atoms with van der Waals surface area (Å²) in [7, 11) is 0. The van der Waals surface area contributed by atoms with E-state index in [1.54, 1.807) is 0 Å². The molecule has 0 aromatic heterocycles. The predicted octanol–water partition coefficient (Wildman–Crippen LogP) is 0.660. The SMILES string of the molecule is CCOCCN(CC)[C@H]1CCOC1=O. The maximum absolute atomic E-state index is 11.3. The zero-order valence-electron chi connectivity index (χ0n) is 8.99. The van der Waals surface area contributed by atoms with Crippen LogP contribution in [0.2, 0.25) is 0 Å². The average Bonchev–Trinajstić information content (AvgIpc) is 2.60. The maximum atomic E-state index is 11.3. The van der Waals surface area contributed by atoms with Gasteiger partial charge in [0.25, 0.3) is 0 Å². The van der Waals surface area contributed by atoms with Gasteiger partial charge >= 0.3 is 5.97 Å². The van der Waals surface area contributed by atoms with E-state index in [9.17, 15) is 4.79 Å². The first-order valence-electron chi connectivity index (χ1n) is 5.28.